The van der Waals surface area contributed by atoms with Crippen LogP contribution in [0, 0.1) is 11.6 Å². The quantitative estimate of drug-likeness (QED) is 0.881. The highest BCUT2D eigenvalue weighted by Crippen LogP contribution is 2.18. The predicted molar refractivity (Wildman–Crippen MR) is 65.1 cm³/mol. The predicted octanol–water partition coefficient (Wildman–Crippen LogP) is 2.96. The van der Waals surface area contributed by atoms with Gasteiger partial charge in [0.15, 0.2) is 11.6 Å². The Balaban J connectivity index is 1.92. The lowest BCUT2D eigenvalue weighted by Crippen LogP contribution is -2.37. The molecule has 1 N–H and O–H groups in total. The highest BCUT2D eigenvalue weighted by Gasteiger charge is 2.17. The number of halogens is 2. The van der Waals surface area contributed by atoms with Crippen LogP contribution in [-0.2, 0) is 11.2 Å². The zero-order valence-corrected chi connectivity index (χ0v) is 10.2. The van der Waals surface area contributed by atoms with Crippen LogP contribution in [-0.4, -0.2) is 11.9 Å². The molecule has 0 heterocycles. The molecule has 0 aliphatic heterocycles. The topological polar surface area (TPSA) is 29.1 Å². The average molecular weight is 253 g/mol. The molecule has 1 fully saturated rings. The summed E-state index contributed by atoms with van der Waals surface area (Å²) in [7, 11) is 0. The number of hydrogen-bond acceptors (Lipinski definition) is 1. The first kappa shape index (κ1) is 13.0. The van der Waals surface area contributed by atoms with Gasteiger partial charge in [-0.05, 0) is 18.9 Å². The van der Waals surface area contributed by atoms with Crippen LogP contribution in [0.15, 0.2) is 18.2 Å². The minimum absolute atomic E-state index is 0.0971. The second-order valence-electron chi connectivity index (χ2n) is 4.79. The molecule has 0 saturated heterocycles. The molecule has 1 amide bonds. The fraction of sp³-hybridized carbons (Fsp3) is 0.500. The van der Waals surface area contributed by atoms with E-state index in [1.54, 1.807) is 0 Å². The van der Waals surface area contributed by atoms with Crippen LogP contribution < -0.4 is 5.32 Å². The summed E-state index contributed by atoms with van der Waals surface area (Å²) < 4.78 is 26.4. The molecule has 0 unspecified atom stereocenters. The van der Waals surface area contributed by atoms with Gasteiger partial charge in [-0.1, -0.05) is 31.4 Å². The molecule has 18 heavy (non-hydrogen) atoms. The Hall–Kier alpha value is -1.45. The SMILES string of the molecule is O=C(Cc1cccc(F)c1F)NC1CCCCC1. The lowest BCUT2D eigenvalue weighted by atomic mass is 9.95. The smallest absolute Gasteiger partial charge is 0.224 e. The first-order chi connectivity index (χ1) is 8.66. The van der Waals surface area contributed by atoms with Crippen molar-refractivity contribution in [2.24, 2.45) is 0 Å². The molecule has 1 aromatic carbocycles. The van der Waals surface area contributed by atoms with Gasteiger partial charge in [0.25, 0.3) is 0 Å². The summed E-state index contributed by atoms with van der Waals surface area (Å²) >= 11 is 0. The fourth-order valence-corrected chi connectivity index (χ4v) is 2.38. The van der Waals surface area contributed by atoms with Gasteiger partial charge in [0.05, 0.1) is 6.42 Å². The van der Waals surface area contributed by atoms with Crippen molar-refractivity contribution >= 4 is 5.91 Å². The first-order valence-corrected chi connectivity index (χ1v) is 6.39. The molecule has 0 aromatic heterocycles. The van der Waals surface area contributed by atoms with Crippen molar-refractivity contribution in [3.8, 4) is 0 Å². The Bertz CT molecular complexity index is 428. The summed E-state index contributed by atoms with van der Waals surface area (Å²) in [6, 6.07) is 4.11. The zero-order valence-electron chi connectivity index (χ0n) is 10.2. The third kappa shape index (κ3) is 3.28. The van der Waals surface area contributed by atoms with E-state index in [1.807, 2.05) is 0 Å². The van der Waals surface area contributed by atoms with E-state index in [0.717, 1.165) is 31.7 Å². The third-order valence-electron chi connectivity index (χ3n) is 3.35. The third-order valence-corrected chi connectivity index (χ3v) is 3.35. The molecule has 2 rings (SSSR count). The number of nitrogens with one attached hydrogen (secondary N) is 1. The Labute approximate surface area is 105 Å². The van der Waals surface area contributed by atoms with Gasteiger partial charge >= 0.3 is 0 Å². The molecule has 0 bridgehead atoms. The highest BCUT2D eigenvalue weighted by atomic mass is 19.2. The van der Waals surface area contributed by atoms with Gasteiger partial charge in [0.2, 0.25) is 5.91 Å². The first-order valence-electron chi connectivity index (χ1n) is 6.39. The standard InChI is InChI=1S/C14H17F2NO/c15-12-8-4-5-10(14(12)16)9-13(18)17-11-6-2-1-3-7-11/h4-5,8,11H,1-3,6-7,9H2,(H,17,18). The molecular weight excluding hydrogens is 236 g/mol. The summed E-state index contributed by atoms with van der Waals surface area (Å²) in [6.07, 6.45) is 5.33. The maximum absolute atomic E-state index is 13.4. The van der Waals surface area contributed by atoms with Crippen LogP contribution in [0.4, 0.5) is 8.78 Å². The van der Waals surface area contributed by atoms with Gasteiger partial charge < -0.3 is 5.32 Å². The van der Waals surface area contributed by atoms with E-state index in [0.29, 0.717) is 0 Å². The molecule has 1 saturated carbocycles. The number of amides is 1. The second-order valence-corrected chi connectivity index (χ2v) is 4.79. The highest BCUT2D eigenvalue weighted by molar-refractivity contribution is 5.78. The summed E-state index contributed by atoms with van der Waals surface area (Å²) in [5.74, 6) is -2.05. The minimum Gasteiger partial charge on any atom is -0.353 e. The lowest BCUT2D eigenvalue weighted by molar-refractivity contribution is -0.121. The van der Waals surface area contributed by atoms with Gasteiger partial charge in [-0.2, -0.15) is 0 Å². The van der Waals surface area contributed by atoms with Gasteiger partial charge in [-0.25, -0.2) is 8.78 Å². The molecule has 1 aliphatic carbocycles. The number of benzene rings is 1. The number of carbonyl (C=O) groups excluding carboxylic acids is 1. The van der Waals surface area contributed by atoms with E-state index < -0.39 is 11.6 Å². The molecule has 4 heteroatoms. The summed E-state index contributed by atoms with van der Waals surface area (Å²) in [5.41, 5.74) is 0.114. The summed E-state index contributed by atoms with van der Waals surface area (Å²) in [4.78, 5) is 11.7. The molecule has 1 aliphatic rings. The van der Waals surface area contributed by atoms with Crippen molar-refractivity contribution < 1.29 is 13.6 Å². The van der Waals surface area contributed by atoms with Gasteiger partial charge in [-0.15, -0.1) is 0 Å². The van der Waals surface area contributed by atoms with Gasteiger partial charge in [0.1, 0.15) is 0 Å². The van der Waals surface area contributed by atoms with Gasteiger partial charge in [0, 0.05) is 11.6 Å². The van der Waals surface area contributed by atoms with E-state index >= 15 is 0 Å². The maximum atomic E-state index is 13.4. The Morgan fingerprint density at radius 3 is 2.67 bits per heavy atom. The fourth-order valence-electron chi connectivity index (χ4n) is 2.38. The Morgan fingerprint density at radius 1 is 1.22 bits per heavy atom. The van der Waals surface area contributed by atoms with Crippen molar-refractivity contribution in [3.63, 3.8) is 0 Å². The van der Waals surface area contributed by atoms with Crippen molar-refractivity contribution in [3.05, 3.63) is 35.4 Å². The second kappa shape index (κ2) is 5.94. The van der Waals surface area contributed by atoms with E-state index in [9.17, 15) is 13.6 Å². The lowest BCUT2D eigenvalue weighted by Gasteiger charge is -2.22. The Kier molecular flexibility index (Phi) is 4.28. The van der Waals surface area contributed by atoms with E-state index in [-0.39, 0.29) is 23.9 Å². The van der Waals surface area contributed by atoms with Crippen molar-refractivity contribution in [1.29, 1.82) is 0 Å². The van der Waals surface area contributed by atoms with Gasteiger partial charge in [-0.3, -0.25) is 4.79 Å². The van der Waals surface area contributed by atoms with Crippen molar-refractivity contribution in [2.45, 2.75) is 44.6 Å². The molecule has 0 radical (unpaired) electrons. The molecular formula is C14H17F2NO. The average Bonchev–Trinajstić information content (AvgIpc) is 2.36. The number of hydrogen-bond donors (Lipinski definition) is 1. The van der Waals surface area contributed by atoms with Crippen LogP contribution in [0.1, 0.15) is 37.7 Å². The molecule has 98 valence electrons. The van der Waals surface area contributed by atoms with E-state index in [1.165, 1.54) is 18.6 Å². The van der Waals surface area contributed by atoms with Crippen LogP contribution in [0.2, 0.25) is 0 Å². The van der Waals surface area contributed by atoms with Crippen LogP contribution in [0.25, 0.3) is 0 Å². The monoisotopic (exact) mass is 253 g/mol. The van der Waals surface area contributed by atoms with Crippen molar-refractivity contribution in [2.75, 3.05) is 0 Å². The Morgan fingerprint density at radius 2 is 1.94 bits per heavy atom. The van der Waals surface area contributed by atoms with Crippen molar-refractivity contribution in [1.82, 2.24) is 5.32 Å². The molecule has 0 spiro atoms. The molecule has 0 atom stereocenters. The van der Waals surface area contributed by atoms with Crippen LogP contribution in [0.3, 0.4) is 0 Å². The van der Waals surface area contributed by atoms with E-state index in [2.05, 4.69) is 5.32 Å². The minimum atomic E-state index is -0.920. The van der Waals surface area contributed by atoms with Crippen LogP contribution >= 0.6 is 0 Å². The van der Waals surface area contributed by atoms with E-state index in [4.69, 9.17) is 0 Å². The normalized spacial score (nSPS) is 16.6. The molecule has 2 nitrogen and oxygen atoms in total. The summed E-state index contributed by atoms with van der Waals surface area (Å²) in [6.45, 7) is 0. The summed E-state index contributed by atoms with van der Waals surface area (Å²) in [5, 5.41) is 2.89. The number of carbonyl (C=O) groups is 1. The molecule has 1 aromatic rings. The number of rotatable bonds is 3. The van der Waals surface area contributed by atoms with Crippen LogP contribution in [0.5, 0.6) is 0 Å². The largest absolute Gasteiger partial charge is 0.353 e. The zero-order chi connectivity index (χ0) is 13.0. The maximum Gasteiger partial charge on any atom is 0.224 e.